The summed E-state index contributed by atoms with van der Waals surface area (Å²) >= 11 is 3.46. The molecule has 2 N–H and O–H groups in total. The number of amidine groups is 1. The summed E-state index contributed by atoms with van der Waals surface area (Å²) in [6.45, 7) is 18.8. The first-order valence-electron chi connectivity index (χ1n) is 11.9. The Bertz CT molecular complexity index is 680. The van der Waals surface area contributed by atoms with Crippen molar-refractivity contribution in [1.82, 2.24) is 10.2 Å². The lowest BCUT2D eigenvalue weighted by Crippen LogP contribution is -2.39. The largest absolute Gasteiger partial charge is 0.378 e. The lowest BCUT2D eigenvalue weighted by molar-refractivity contribution is 0.0820. The average molecular weight is 507 g/mol. The monoisotopic (exact) mass is 505 g/mol. The predicted octanol–water partition coefficient (Wildman–Crippen LogP) is 6.09. The highest BCUT2D eigenvalue weighted by molar-refractivity contribution is 9.09. The number of allylic oxidation sites excluding steroid dienone is 4. The highest BCUT2D eigenvalue weighted by Gasteiger charge is 2.23. The third kappa shape index (κ3) is 10.5. The fraction of sp³-hybridized carbons (Fsp3) is 0.593. The van der Waals surface area contributed by atoms with Gasteiger partial charge in [-0.15, -0.1) is 13.2 Å². The molecule has 0 bridgehead atoms. The number of aliphatic imine (C=N–C) groups is 1. The molecule has 4 nitrogen and oxygen atoms in total. The van der Waals surface area contributed by atoms with Crippen LogP contribution in [0.3, 0.4) is 0 Å². The van der Waals surface area contributed by atoms with Gasteiger partial charge in [-0.1, -0.05) is 72.3 Å². The number of aliphatic hydroxyl groups is 1. The van der Waals surface area contributed by atoms with Gasteiger partial charge in [0.05, 0.1) is 0 Å². The van der Waals surface area contributed by atoms with Gasteiger partial charge < -0.3 is 10.0 Å². The van der Waals surface area contributed by atoms with Crippen molar-refractivity contribution in [2.24, 2.45) is 28.7 Å². The van der Waals surface area contributed by atoms with Crippen LogP contribution in [0.4, 0.5) is 0 Å². The Hall–Kier alpha value is -1.43. The van der Waals surface area contributed by atoms with Gasteiger partial charge in [-0.2, -0.15) is 0 Å². The van der Waals surface area contributed by atoms with Gasteiger partial charge in [0.15, 0.2) is 0 Å². The third-order valence-electron chi connectivity index (χ3n) is 5.75. The summed E-state index contributed by atoms with van der Waals surface area (Å²) in [7, 11) is 0. The zero-order valence-electron chi connectivity index (χ0n) is 20.5. The fourth-order valence-corrected chi connectivity index (χ4v) is 4.13. The minimum atomic E-state index is -0.464. The number of aliphatic hydroxyl groups excluding tert-OH is 1. The second-order valence-corrected chi connectivity index (χ2v) is 9.56. The van der Waals surface area contributed by atoms with Crippen LogP contribution in [0.2, 0.25) is 0 Å². The molecule has 1 aliphatic rings. The Morgan fingerprint density at radius 3 is 2.56 bits per heavy atom. The molecule has 0 aromatic heterocycles. The second kappa shape index (κ2) is 16.2. The Morgan fingerprint density at radius 1 is 1.28 bits per heavy atom. The van der Waals surface area contributed by atoms with E-state index in [0.717, 1.165) is 55.8 Å². The van der Waals surface area contributed by atoms with E-state index in [2.05, 4.69) is 90.5 Å². The number of nitrogens with zero attached hydrogens (tertiary/aromatic N) is 2. The van der Waals surface area contributed by atoms with Crippen LogP contribution in [-0.4, -0.2) is 47.0 Å². The fourth-order valence-electron chi connectivity index (χ4n) is 3.91. The molecule has 32 heavy (non-hydrogen) atoms. The van der Waals surface area contributed by atoms with Crippen molar-refractivity contribution in [3.05, 3.63) is 61.4 Å². The van der Waals surface area contributed by atoms with Gasteiger partial charge in [-0.05, 0) is 51.5 Å². The molecule has 0 aromatic rings. The van der Waals surface area contributed by atoms with Crippen LogP contribution >= 0.6 is 15.9 Å². The summed E-state index contributed by atoms with van der Waals surface area (Å²) in [5.41, 5.74) is 1.06. The third-order valence-corrected chi connectivity index (χ3v) is 6.12. The normalized spacial score (nSPS) is 21.7. The van der Waals surface area contributed by atoms with Crippen molar-refractivity contribution >= 4 is 21.8 Å². The van der Waals surface area contributed by atoms with Gasteiger partial charge in [0.25, 0.3) is 0 Å². The van der Waals surface area contributed by atoms with E-state index >= 15 is 0 Å². The minimum absolute atomic E-state index is 0.183. The van der Waals surface area contributed by atoms with Crippen LogP contribution in [0.15, 0.2) is 66.4 Å². The Morgan fingerprint density at radius 2 is 2.03 bits per heavy atom. The van der Waals surface area contributed by atoms with Crippen molar-refractivity contribution in [2.75, 3.05) is 25.0 Å². The zero-order valence-corrected chi connectivity index (χ0v) is 22.1. The molecule has 0 spiro atoms. The molecule has 0 aromatic carbocycles. The topological polar surface area (TPSA) is 47.9 Å². The van der Waals surface area contributed by atoms with E-state index < -0.39 is 6.23 Å². The number of nitrogens with one attached hydrogen (secondary N) is 1. The molecular formula is C27H44BrN3O. The van der Waals surface area contributed by atoms with E-state index in [4.69, 9.17) is 4.99 Å². The van der Waals surface area contributed by atoms with Crippen molar-refractivity contribution in [3.63, 3.8) is 0 Å². The first-order valence-corrected chi connectivity index (χ1v) is 13.0. The number of alkyl halides is 1. The summed E-state index contributed by atoms with van der Waals surface area (Å²) in [5.74, 6) is 2.39. The lowest BCUT2D eigenvalue weighted by Gasteiger charge is -2.31. The SMILES string of the molecule is C=CCC(/C=C\CBr)/C(=C/C)N=C(C)N(CC=C)CC1C=C[C@@H](C(O)NCC(C)C)CC1. The lowest BCUT2D eigenvalue weighted by atomic mass is 9.87. The average Bonchev–Trinajstić information content (AvgIpc) is 2.78. The first kappa shape index (κ1) is 28.6. The molecule has 1 aliphatic carbocycles. The van der Waals surface area contributed by atoms with Gasteiger partial charge in [0.2, 0.25) is 0 Å². The molecule has 0 heterocycles. The first-order chi connectivity index (χ1) is 15.4. The number of halogens is 1. The van der Waals surface area contributed by atoms with Gasteiger partial charge in [0, 0.05) is 36.0 Å². The Balaban J connectivity index is 2.85. The van der Waals surface area contributed by atoms with E-state index in [1.165, 1.54) is 0 Å². The van der Waals surface area contributed by atoms with Gasteiger partial charge in [-0.25, -0.2) is 4.99 Å². The molecule has 0 saturated carbocycles. The van der Waals surface area contributed by atoms with Crippen molar-refractivity contribution in [2.45, 2.75) is 53.2 Å². The summed E-state index contributed by atoms with van der Waals surface area (Å²) < 4.78 is 0. The smallest absolute Gasteiger partial charge is 0.111 e. The van der Waals surface area contributed by atoms with Crippen molar-refractivity contribution < 1.29 is 5.11 Å². The van der Waals surface area contributed by atoms with E-state index in [-0.39, 0.29) is 11.8 Å². The van der Waals surface area contributed by atoms with Gasteiger partial charge in [-0.3, -0.25) is 5.32 Å². The summed E-state index contributed by atoms with van der Waals surface area (Å²) in [5, 5.41) is 14.5. The molecule has 0 aliphatic heterocycles. The van der Waals surface area contributed by atoms with E-state index in [1.54, 1.807) is 0 Å². The quantitative estimate of drug-likeness (QED) is 0.0986. The maximum atomic E-state index is 10.4. The molecule has 1 rings (SSSR count). The van der Waals surface area contributed by atoms with E-state index in [0.29, 0.717) is 11.8 Å². The van der Waals surface area contributed by atoms with Crippen molar-refractivity contribution in [3.8, 4) is 0 Å². The number of hydrogen-bond acceptors (Lipinski definition) is 3. The van der Waals surface area contributed by atoms with Crippen LogP contribution < -0.4 is 5.32 Å². The molecule has 180 valence electrons. The Labute approximate surface area is 205 Å². The summed E-state index contributed by atoms with van der Waals surface area (Å²) in [4.78, 5) is 7.31. The molecule has 0 amide bonds. The molecule has 4 atom stereocenters. The van der Waals surface area contributed by atoms with Crippen LogP contribution in [-0.2, 0) is 0 Å². The maximum Gasteiger partial charge on any atom is 0.111 e. The molecule has 0 radical (unpaired) electrons. The highest BCUT2D eigenvalue weighted by atomic mass is 79.9. The molecule has 3 unspecified atom stereocenters. The summed E-state index contributed by atoms with van der Waals surface area (Å²) in [6.07, 6.45) is 17.2. The minimum Gasteiger partial charge on any atom is -0.378 e. The molecule has 5 heteroatoms. The summed E-state index contributed by atoms with van der Waals surface area (Å²) in [6, 6.07) is 0. The number of hydrogen-bond donors (Lipinski definition) is 2. The van der Waals surface area contributed by atoms with E-state index in [1.807, 2.05) is 19.1 Å². The maximum absolute atomic E-state index is 10.4. The van der Waals surface area contributed by atoms with E-state index in [9.17, 15) is 5.11 Å². The highest BCUT2D eigenvalue weighted by Crippen LogP contribution is 2.26. The van der Waals surface area contributed by atoms with Crippen LogP contribution in [0.1, 0.15) is 47.0 Å². The standard InChI is InChI=1S/C27H44BrN3O/c1-7-11-24(12-10-17-28)26(9-3)30-22(6)31(18-8-2)20-23-13-15-25(16-14-23)27(32)29-19-21(4)5/h7-10,12-13,15,21,23-25,27,29,32H,1-2,11,14,16-20H2,3-6H3/b12-10-,26-9-,30-22?/t23?,24?,25-,27?/m1/s1. The second-order valence-electron chi connectivity index (χ2n) is 8.91. The number of rotatable bonds is 14. The zero-order chi connectivity index (χ0) is 23.9. The molecule has 0 saturated heterocycles. The molecular weight excluding hydrogens is 462 g/mol. The molecule has 0 fully saturated rings. The Kier molecular flexibility index (Phi) is 14.5. The van der Waals surface area contributed by atoms with Crippen molar-refractivity contribution in [1.29, 1.82) is 0 Å². The predicted molar refractivity (Wildman–Crippen MR) is 144 cm³/mol. The van der Waals surface area contributed by atoms with Crippen LogP contribution in [0, 0.1) is 23.7 Å². The van der Waals surface area contributed by atoms with Gasteiger partial charge >= 0.3 is 0 Å². The van der Waals surface area contributed by atoms with Crippen LogP contribution in [0.5, 0.6) is 0 Å². The van der Waals surface area contributed by atoms with Gasteiger partial charge in [0.1, 0.15) is 12.1 Å². The van der Waals surface area contributed by atoms with Crippen LogP contribution in [0.25, 0.3) is 0 Å².